The molecule has 0 aromatic carbocycles. The van der Waals surface area contributed by atoms with Crippen molar-refractivity contribution in [2.75, 3.05) is 19.0 Å². The van der Waals surface area contributed by atoms with Gasteiger partial charge in [-0.15, -0.1) is 11.3 Å². The van der Waals surface area contributed by atoms with Crippen LogP contribution in [0.1, 0.15) is 10.4 Å². The van der Waals surface area contributed by atoms with Crippen LogP contribution >= 0.6 is 24.0 Å². The lowest BCUT2D eigenvalue weighted by Crippen LogP contribution is -2.23. The number of fused-ring (bicyclic) bond motifs is 1. The standard InChI is InChI=1S/C12H16N2O2S2/c1-8-9(2)18-11-10(8)12(15)14(7-13-11)3-4-16-5-6-17/h7,17H,3-6H2,1-2H3. The average molecular weight is 284 g/mol. The molecule has 2 rings (SSSR count). The quantitative estimate of drug-likeness (QED) is 0.675. The molecule has 0 bridgehead atoms. The van der Waals surface area contributed by atoms with E-state index in [0.29, 0.717) is 25.5 Å². The van der Waals surface area contributed by atoms with E-state index in [1.807, 2.05) is 13.8 Å². The van der Waals surface area contributed by atoms with Crippen LogP contribution in [0.3, 0.4) is 0 Å². The van der Waals surface area contributed by atoms with Crippen LogP contribution in [0, 0.1) is 13.8 Å². The Bertz CT molecular complexity index is 604. The van der Waals surface area contributed by atoms with E-state index < -0.39 is 0 Å². The number of thiol groups is 1. The average Bonchev–Trinajstić information content (AvgIpc) is 2.64. The van der Waals surface area contributed by atoms with Crippen LogP contribution in [-0.4, -0.2) is 28.5 Å². The maximum atomic E-state index is 12.3. The van der Waals surface area contributed by atoms with Crippen LogP contribution in [0.15, 0.2) is 11.1 Å². The van der Waals surface area contributed by atoms with E-state index in [4.69, 9.17) is 4.74 Å². The molecule has 0 atom stereocenters. The highest BCUT2D eigenvalue weighted by Gasteiger charge is 2.11. The van der Waals surface area contributed by atoms with Crippen LogP contribution < -0.4 is 5.56 Å². The molecule has 0 fully saturated rings. The van der Waals surface area contributed by atoms with Crippen molar-refractivity contribution >= 4 is 34.2 Å². The zero-order chi connectivity index (χ0) is 13.1. The van der Waals surface area contributed by atoms with Crippen molar-refractivity contribution in [1.29, 1.82) is 0 Å². The third-order valence-corrected chi connectivity index (χ3v) is 4.17. The van der Waals surface area contributed by atoms with Crippen LogP contribution in [0.4, 0.5) is 0 Å². The Kier molecular flexibility index (Phi) is 4.42. The largest absolute Gasteiger partial charge is 0.379 e. The van der Waals surface area contributed by atoms with E-state index in [1.54, 1.807) is 22.2 Å². The monoisotopic (exact) mass is 284 g/mol. The number of hydrogen-bond acceptors (Lipinski definition) is 5. The molecule has 0 aliphatic carbocycles. The smallest absolute Gasteiger partial charge is 0.262 e. The highest BCUT2D eigenvalue weighted by molar-refractivity contribution is 7.80. The Labute approximate surface area is 115 Å². The molecule has 98 valence electrons. The van der Waals surface area contributed by atoms with Crippen molar-refractivity contribution < 1.29 is 4.74 Å². The summed E-state index contributed by atoms with van der Waals surface area (Å²) in [6.45, 7) is 5.63. The lowest BCUT2D eigenvalue weighted by Gasteiger charge is -2.05. The summed E-state index contributed by atoms with van der Waals surface area (Å²) in [5.41, 5.74) is 1.06. The summed E-state index contributed by atoms with van der Waals surface area (Å²) in [6, 6.07) is 0. The molecule has 0 saturated carbocycles. The van der Waals surface area contributed by atoms with Gasteiger partial charge in [-0.25, -0.2) is 4.98 Å². The summed E-state index contributed by atoms with van der Waals surface area (Å²) in [6.07, 6.45) is 1.60. The minimum Gasteiger partial charge on any atom is -0.379 e. The van der Waals surface area contributed by atoms with Crippen molar-refractivity contribution in [1.82, 2.24) is 9.55 Å². The van der Waals surface area contributed by atoms with Gasteiger partial charge < -0.3 is 4.74 Å². The second-order valence-electron chi connectivity index (χ2n) is 4.04. The van der Waals surface area contributed by atoms with Crippen molar-refractivity contribution in [3.63, 3.8) is 0 Å². The molecule has 4 nitrogen and oxygen atoms in total. The van der Waals surface area contributed by atoms with Crippen molar-refractivity contribution in [3.05, 3.63) is 27.1 Å². The van der Waals surface area contributed by atoms with Crippen LogP contribution in [-0.2, 0) is 11.3 Å². The third kappa shape index (κ3) is 2.60. The molecule has 0 saturated heterocycles. The van der Waals surface area contributed by atoms with Gasteiger partial charge in [0.1, 0.15) is 4.83 Å². The number of aryl methyl sites for hydroxylation is 2. The SMILES string of the molecule is Cc1sc2ncn(CCOCCS)c(=O)c2c1C. The number of nitrogens with zero attached hydrogens (tertiary/aromatic N) is 2. The predicted molar refractivity (Wildman–Crippen MR) is 78.0 cm³/mol. The number of thiophene rings is 1. The summed E-state index contributed by atoms with van der Waals surface area (Å²) < 4.78 is 6.94. The van der Waals surface area contributed by atoms with Crippen molar-refractivity contribution in [3.8, 4) is 0 Å². The molecule has 0 spiro atoms. The van der Waals surface area contributed by atoms with Gasteiger partial charge in [-0.05, 0) is 19.4 Å². The first-order valence-electron chi connectivity index (χ1n) is 5.79. The molecular formula is C12H16N2O2S2. The molecule has 6 heteroatoms. The fraction of sp³-hybridized carbons (Fsp3) is 0.500. The van der Waals surface area contributed by atoms with E-state index in [0.717, 1.165) is 20.7 Å². The van der Waals surface area contributed by atoms with Gasteiger partial charge in [0.2, 0.25) is 0 Å². The Morgan fingerprint density at radius 3 is 2.94 bits per heavy atom. The van der Waals surface area contributed by atoms with E-state index in [-0.39, 0.29) is 5.56 Å². The van der Waals surface area contributed by atoms with Gasteiger partial charge in [-0.2, -0.15) is 12.6 Å². The molecule has 2 heterocycles. The molecule has 0 amide bonds. The topological polar surface area (TPSA) is 44.1 Å². The Balaban J connectivity index is 2.27. The van der Waals surface area contributed by atoms with Crippen LogP contribution in [0.25, 0.3) is 10.2 Å². The molecule has 2 aromatic heterocycles. The second kappa shape index (κ2) is 5.86. The van der Waals surface area contributed by atoms with E-state index >= 15 is 0 Å². The fourth-order valence-corrected chi connectivity index (χ4v) is 2.88. The molecule has 0 aliphatic heterocycles. The highest BCUT2D eigenvalue weighted by atomic mass is 32.1. The summed E-state index contributed by atoms with van der Waals surface area (Å²) >= 11 is 5.63. The molecule has 0 unspecified atom stereocenters. The third-order valence-electron chi connectivity index (χ3n) is 2.87. The lowest BCUT2D eigenvalue weighted by molar-refractivity contribution is 0.140. The minimum atomic E-state index is 0.0244. The summed E-state index contributed by atoms with van der Waals surface area (Å²) in [4.78, 5) is 18.6. The zero-order valence-electron chi connectivity index (χ0n) is 10.5. The second-order valence-corrected chi connectivity index (χ2v) is 5.69. The summed E-state index contributed by atoms with van der Waals surface area (Å²) in [7, 11) is 0. The van der Waals surface area contributed by atoms with Crippen molar-refractivity contribution in [2.45, 2.75) is 20.4 Å². The van der Waals surface area contributed by atoms with E-state index in [2.05, 4.69) is 17.6 Å². The number of hydrogen-bond donors (Lipinski definition) is 1. The maximum Gasteiger partial charge on any atom is 0.262 e. The van der Waals surface area contributed by atoms with E-state index in [1.165, 1.54) is 0 Å². The first kappa shape index (κ1) is 13.6. The molecule has 2 aromatic rings. The zero-order valence-corrected chi connectivity index (χ0v) is 12.2. The van der Waals surface area contributed by atoms with Gasteiger partial charge in [-0.3, -0.25) is 9.36 Å². The lowest BCUT2D eigenvalue weighted by atomic mass is 10.2. The Morgan fingerprint density at radius 1 is 1.44 bits per heavy atom. The molecule has 18 heavy (non-hydrogen) atoms. The molecular weight excluding hydrogens is 268 g/mol. The fourth-order valence-electron chi connectivity index (χ4n) is 1.76. The molecule has 0 N–H and O–H groups in total. The van der Waals surface area contributed by atoms with Crippen molar-refractivity contribution in [2.24, 2.45) is 0 Å². The number of ether oxygens (including phenoxy) is 1. The van der Waals surface area contributed by atoms with Gasteiger partial charge >= 0.3 is 0 Å². The summed E-state index contributed by atoms with van der Waals surface area (Å²) in [5.74, 6) is 0.690. The first-order valence-corrected chi connectivity index (χ1v) is 7.23. The normalized spacial score (nSPS) is 11.3. The summed E-state index contributed by atoms with van der Waals surface area (Å²) in [5, 5.41) is 0.745. The Hall–Kier alpha value is -0.850. The van der Waals surface area contributed by atoms with Crippen LogP contribution in [0.5, 0.6) is 0 Å². The van der Waals surface area contributed by atoms with Gasteiger partial charge in [0.05, 0.1) is 31.5 Å². The predicted octanol–water partition coefficient (Wildman–Crippen LogP) is 2.02. The van der Waals surface area contributed by atoms with Gasteiger partial charge in [0, 0.05) is 10.6 Å². The molecule has 0 radical (unpaired) electrons. The van der Waals surface area contributed by atoms with E-state index in [9.17, 15) is 4.79 Å². The number of rotatable bonds is 5. The van der Waals surface area contributed by atoms with Gasteiger partial charge in [0.25, 0.3) is 5.56 Å². The van der Waals surface area contributed by atoms with Gasteiger partial charge in [-0.1, -0.05) is 0 Å². The Morgan fingerprint density at radius 2 is 2.22 bits per heavy atom. The van der Waals surface area contributed by atoms with Gasteiger partial charge in [0.15, 0.2) is 0 Å². The number of aromatic nitrogens is 2. The minimum absolute atomic E-state index is 0.0244. The van der Waals surface area contributed by atoms with Crippen LogP contribution in [0.2, 0.25) is 0 Å². The maximum absolute atomic E-state index is 12.3. The highest BCUT2D eigenvalue weighted by Crippen LogP contribution is 2.25. The first-order chi connectivity index (χ1) is 8.65. The molecule has 0 aliphatic rings.